The van der Waals surface area contributed by atoms with Gasteiger partial charge in [-0.05, 0) is 20.3 Å². The molecule has 0 aliphatic rings. The van der Waals surface area contributed by atoms with E-state index in [2.05, 4.69) is 5.32 Å². The lowest BCUT2D eigenvalue weighted by atomic mass is 10.0. The van der Waals surface area contributed by atoms with Gasteiger partial charge in [0.2, 0.25) is 0 Å². The van der Waals surface area contributed by atoms with E-state index in [0.29, 0.717) is 6.42 Å². The minimum Gasteiger partial charge on any atom is -0.396 e. The van der Waals surface area contributed by atoms with E-state index in [1.54, 1.807) is 13.8 Å². The number of aliphatic hydroxyl groups is 1. The average Bonchev–Trinajstić information content (AvgIpc) is 1.84. The van der Waals surface area contributed by atoms with Gasteiger partial charge in [0.25, 0.3) is 6.43 Å². The molecule has 0 unspecified atom stereocenters. The van der Waals surface area contributed by atoms with Crippen LogP contribution in [-0.2, 0) is 0 Å². The van der Waals surface area contributed by atoms with Crippen LogP contribution in [0.3, 0.4) is 0 Å². The predicted octanol–water partition coefficient (Wildman–Crippen LogP) is 1.00. The Balaban J connectivity index is 3.54. The van der Waals surface area contributed by atoms with E-state index in [4.69, 9.17) is 5.11 Å². The highest BCUT2D eigenvalue weighted by molar-refractivity contribution is 4.76. The van der Waals surface area contributed by atoms with Crippen molar-refractivity contribution in [1.29, 1.82) is 0 Å². The molecule has 0 aromatic heterocycles. The molecule has 0 amide bonds. The van der Waals surface area contributed by atoms with Crippen LogP contribution in [0.1, 0.15) is 20.3 Å². The van der Waals surface area contributed by atoms with Crippen LogP contribution >= 0.6 is 0 Å². The first-order valence-electron chi connectivity index (χ1n) is 3.62. The van der Waals surface area contributed by atoms with Gasteiger partial charge in [0, 0.05) is 12.1 Å². The Hall–Kier alpha value is -0.220. The number of rotatable bonds is 5. The number of alkyl halides is 2. The molecule has 0 aromatic carbocycles. The van der Waals surface area contributed by atoms with Crippen molar-refractivity contribution in [1.82, 2.24) is 5.32 Å². The summed E-state index contributed by atoms with van der Waals surface area (Å²) in [7, 11) is 0. The van der Waals surface area contributed by atoms with Gasteiger partial charge in [-0.3, -0.25) is 0 Å². The lowest BCUT2D eigenvalue weighted by Crippen LogP contribution is -2.42. The summed E-state index contributed by atoms with van der Waals surface area (Å²) >= 11 is 0. The fourth-order valence-electron chi connectivity index (χ4n) is 0.721. The third-order valence-electron chi connectivity index (χ3n) is 1.47. The number of hydrogen-bond acceptors (Lipinski definition) is 2. The van der Waals surface area contributed by atoms with Crippen LogP contribution in [0.2, 0.25) is 0 Å². The molecule has 0 radical (unpaired) electrons. The lowest BCUT2D eigenvalue weighted by molar-refractivity contribution is 0.127. The Kier molecular flexibility index (Phi) is 4.52. The second-order valence-electron chi connectivity index (χ2n) is 3.13. The first-order valence-corrected chi connectivity index (χ1v) is 3.62. The van der Waals surface area contributed by atoms with Gasteiger partial charge in [-0.15, -0.1) is 0 Å². The monoisotopic (exact) mass is 167 g/mol. The molecule has 4 heteroatoms. The predicted molar refractivity (Wildman–Crippen MR) is 39.8 cm³/mol. The minimum absolute atomic E-state index is 0.0171. The van der Waals surface area contributed by atoms with Gasteiger partial charge in [-0.1, -0.05) is 0 Å². The molecule has 0 saturated carbocycles. The van der Waals surface area contributed by atoms with Crippen LogP contribution in [0.15, 0.2) is 0 Å². The van der Waals surface area contributed by atoms with E-state index < -0.39 is 12.0 Å². The van der Waals surface area contributed by atoms with E-state index in [-0.39, 0.29) is 13.2 Å². The van der Waals surface area contributed by atoms with Crippen LogP contribution in [0.4, 0.5) is 8.78 Å². The second-order valence-corrected chi connectivity index (χ2v) is 3.13. The summed E-state index contributed by atoms with van der Waals surface area (Å²) in [6, 6.07) is 0. The third kappa shape index (κ3) is 6.19. The molecule has 68 valence electrons. The minimum atomic E-state index is -2.33. The van der Waals surface area contributed by atoms with E-state index in [0.717, 1.165) is 0 Å². The standard InChI is InChI=1S/C7H15F2NO/c1-7(2,3-4-11)10-5-6(8)9/h6,10-11H,3-5H2,1-2H3. The molecule has 0 atom stereocenters. The number of hydrogen-bond donors (Lipinski definition) is 2. The van der Waals surface area contributed by atoms with Crippen LogP contribution in [0, 0.1) is 0 Å². The van der Waals surface area contributed by atoms with Crippen molar-refractivity contribution in [3.63, 3.8) is 0 Å². The Morgan fingerprint density at radius 3 is 2.36 bits per heavy atom. The molecule has 0 fully saturated rings. The van der Waals surface area contributed by atoms with E-state index in [9.17, 15) is 8.78 Å². The van der Waals surface area contributed by atoms with Gasteiger partial charge in [0.15, 0.2) is 0 Å². The first kappa shape index (κ1) is 10.8. The molecular formula is C7H15F2NO. The van der Waals surface area contributed by atoms with Crippen LogP contribution in [0.25, 0.3) is 0 Å². The maximum Gasteiger partial charge on any atom is 0.250 e. The van der Waals surface area contributed by atoms with Crippen LogP contribution in [0.5, 0.6) is 0 Å². The highest BCUT2D eigenvalue weighted by atomic mass is 19.3. The van der Waals surface area contributed by atoms with Crippen molar-refractivity contribution >= 4 is 0 Å². The maximum absolute atomic E-state index is 11.7. The molecular weight excluding hydrogens is 152 g/mol. The third-order valence-corrected chi connectivity index (χ3v) is 1.47. The smallest absolute Gasteiger partial charge is 0.250 e. The summed E-state index contributed by atoms with van der Waals surface area (Å²) in [5, 5.41) is 11.2. The van der Waals surface area contributed by atoms with Gasteiger partial charge in [-0.25, -0.2) is 8.78 Å². The summed E-state index contributed by atoms with van der Waals surface area (Å²) in [5.74, 6) is 0. The zero-order valence-electron chi connectivity index (χ0n) is 6.90. The topological polar surface area (TPSA) is 32.3 Å². The fourth-order valence-corrected chi connectivity index (χ4v) is 0.721. The molecule has 0 aliphatic carbocycles. The maximum atomic E-state index is 11.7. The highest BCUT2D eigenvalue weighted by Crippen LogP contribution is 2.07. The van der Waals surface area contributed by atoms with Crippen molar-refractivity contribution < 1.29 is 13.9 Å². The summed E-state index contributed by atoms with van der Waals surface area (Å²) in [6.45, 7) is 3.27. The molecule has 0 aliphatic heterocycles. The molecule has 0 heterocycles. The average molecular weight is 167 g/mol. The van der Waals surface area contributed by atoms with E-state index >= 15 is 0 Å². The SMILES string of the molecule is CC(C)(CCO)NCC(F)F. The number of aliphatic hydroxyl groups excluding tert-OH is 1. The molecule has 0 bridgehead atoms. The Morgan fingerprint density at radius 2 is 2.00 bits per heavy atom. The second kappa shape index (κ2) is 4.62. The van der Waals surface area contributed by atoms with Crippen molar-refractivity contribution in [3.8, 4) is 0 Å². The van der Waals surface area contributed by atoms with Crippen molar-refractivity contribution in [2.45, 2.75) is 32.2 Å². The molecule has 2 nitrogen and oxygen atoms in total. The molecule has 0 rings (SSSR count). The quantitative estimate of drug-likeness (QED) is 0.640. The van der Waals surface area contributed by atoms with Crippen molar-refractivity contribution in [3.05, 3.63) is 0 Å². The normalized spacial score (nSPS) is 12.5. The van der Waals surface area contributed by atoms with Gasteiger partial charge in [-0.2, -0.15) is 0 Å². The summed E-state index contributed by atoms with van der Waals surface area (Å²) < 4.78 is 23.4. The van der Waals surface area contributed by atoms with Gasteiger partial charge in [0.1, 0.15) is 0 Å². The molecule has 0 aromatic rings. The van der Waals surface area contributed by atoms with E-state index in [1.807, 2.05) is 0 Å². The Morgan fingerprint density at radius 1 is 1.45 bits per heavy atom. The largest absolute Gasteiger partial charge is 0.396 e. The molecule has 0 spiro atoms. The number of halogens is 2. The highest BCUT2D eigenvalue weighted by Gasteiger charge is 2.17. The van der Waals surface area contributed by atoms with Crippen LogP contribution < -0.4 is 5.32 Å². The summed E-state index contributed by atoms with van der Waals surface area (Å²) in [5.41, 5.74) is -0.398. The van der Waals surface area contributed by atoms with Crippen molar-refractivity contribution in [2.24, 2.45) is 0 Å². The zero-order valence-corrected chi connectivity index (χ0v) is 6.90. The van der Waals surface area contributed by atoms with Crippen molar-refractivity contribution in [2.75, 3.05) is 13.2 Å². The van der Waals surface area contributed by atoms with Gasteiger partial charge >= 0.3 is 0 Å². The number of nitrogens with one attached hydrogen (secondary N) is 1. The lowest BCUT2D eigenvalue weighted by Gasteiger charge is -2.25. The summed E-state index contributed by atoms with van der Waals surface area (Å²) in [4.78, 5) is 0. The molecule has 2 N–H and O–H groups in total. The summed E-state index contributed by atoms with van der Waals surface area (Å²) in [6.07, 6.45) is -1.84. The fraction of sp³-hybridized carbons (Fsp3) is 1.00. The van der Waals surface area contributed by atoms with Crippen LogP contribution in [-0.4, -0.2) is 30.2 Å². The van der Waals surface area contributed by atoms with Gasteiger partial charge in [0.05, 0.1) is 6.54 Å². The Labute approximate surface area is 65.6 Å². The van der Waals surface area contributed by atoms with E-state index in [1.165, 1.54) is 0 Å². The first-order chi connectivity index (χ1) is 4.98. The van der Waals surface area contributed by atoms with Gasteiger partial charge < -0.3 is 10.4 Å². The molecule has 11 heavy (non-hydrogen) atoms. The zero-order chi connectivity index (χ0) is 8.91. The Bertz CT molecular complexity index is 107. The molecule has 0 saturated heterocycles.